The molecule has 0 aromatic rings. The van der Waals surface area contributed by atoms with Crippen LogP contribution < -0.4 is 11.3 Å². The Kier molecular flexibility index (Phi) is 5.67. The van der Waals surface area contributed by atoms with Crippen LogP contribution in [-0.4, -0.2) is 18.8 Å². The Labute approximate surface area is 111 Å². The number of hydrogen-bond acceptors (Lipinski definition) is 3. The number of hydrazine groups is 1. The van der Waals surface area contributed by atoms with Gasteiger partial charge in [0.1, 0.15) is 0 Å². The van der Waals surface area contributed by atoms with Crippen LogP contribution in [0, 0.1) is 5.92 Å². The Morgan fingerprint density at radius 2 is 2.22 bits per heavy atom. The lowest BCUT2D eigenvalue weighted by Crippen LogP contribution is -2.42. The van der Waals surface area contributed by atoms with E-state index in [2.05, 4.69) is 18.4 Å². The Balaban J connectivity index is 1.77. The average Bonchev–Trinajstić information content (AvgIpc) is 2.61. The topological polar surface area (TPSA) is 47.3 Å². The Bertz CT molecular complexity index is 272. The molecule has 18 heavy (non-hydrogen) atoms. The van der Waals surface area contributed by atoms with Crippen LogP contribution in [0.1, 0.15) is 58.3 Å². The maximum Gasteiger partial charge on any atom is 0.0580 e. The minimum Gasteiger partial charge on any atom is -0.378 e. The van der Waals surface area contributed by atoms with Gasteiger partial charge in [-0.05, 0) is 57.8 Å². The number of rotatable bonds is 6. The van der Waals surface area contributed by atoms with Crippen molar-refractivity contribution in [3.05, 3.63) is 11.6 Å². The van der Waals surface area contributed by atoms with E-state index in [0.717, 1.165) is 12.5 Å². The highest BCUT2D eigenvalue weighted by molar-refractivity contribution is 5.12. The van der Waals surface area contributed by atoms with Crippen molar-refractivity contribution >= 4 is 0 Å². The molecule has 0 heterocycles. The fourth-order valence-corrected chi connectivity index (χ4v) is 3.25. The van der Waals surface area contributed by atoms with Crippen LogP contribution in [0.3, 0.4) is 0 Å². The van der Waals surface area contributed by atoms with Crippen LogP contribution in [0.15, 0.2) is 11.6 Å². The van der Waals surface area contributed by atoms with Crippen molar-refractivity contribution in [2.75, 3.05) is 6.61 Å². The summed E-state index contributed by atoms with van der Waals surface area (Å²) in [5.41, 5.74) is 4.59. The molecule has 2 aliphatic carbocycles. The third-order valence-electron chi connectivity index (χ3n) is 4.39. The highest BCUT2D eigenvalue weighted by Gasteiger charge is 2.31. The van der Waals surface area contributed by atoms with E-state index in [1.54, 1.807) is 5.57 Å². The first-order valence-electron chi connectivity index (χ1n) is 7.60. The number of nitrogens with one attached hydrogen (secondary N) is 1. The van der Waals surface area contributed by atoms with Crippen LogP contribution in [-0.2, 0) is 4.74 Å². The van der Waals surface area contributed by atoms with Crippen molar-refractivity contribution in [1.29, 1.82) is 0 Å². The van der Waals surface area contributed by atoms with Crippen molar-refractivity contribution in [2.45, 2.75) is 70.4 Å². The van der Waals surface area contributed by atoms with Gasteiger partial charge in [0.2, 0.25) is 0 Å². The molecular weight excluding hydrogens is 224 g/mol. The lowest BCUT2D eigenvalue weighted by atomic mass is 9.77. The van der Waals surface area contributed by atoms with Gasteiger partial charge in [0.25, 0.3) is 0 Å². The summed E-state index contributed by atoms with van der Waals surface area (Å²) in [4.78, 5) is 0. The summed E-state index contributed by atoms with van der Waals surface area (Å²) in [6.45, 7) is 2.93. The second-order valence-electron chi connectivity index (χ2n) is 5.75. The van der Waals surface area contributed by atoms with Gasteiger partial charge in [-0.25, -0.2) is 0 Å². The summed E-state index contributed by atoms with van der Waals surface area (Å²) < 4.78 is 5.62. The summed E-state index contributed by atoms with van der Waals surface area (Å²) in [5, 5.41) is 0. The molecule has 1 saturated carbocycles. The van der Waals surface area contributed by atoms with Gasteiger partial charge in [0, 0.05) is 12.6 Å². The van der Waals surface area contributed by atoms with E-state index in [9.17, 15) is 0 Å². The monoisotopic (exact) mass is 252 g/mol. The summed E-state index contributed by atoms with van der Waals surface area (Å²) in [7, 11) is 0. The van der Waals surface area contributed by atoms with Gasteiger partial charge in [-0.3, -0.25) is 11.3 Å². The van der Waals surface area contributed by atoms with E-state index < -0.39 is 0 Å². The van der Waals surface area contributed by atoms with Crippen molar-refractivity contribution in [1.82, 2.24) is 5.43 Å². The molecule has 2 aliphatic rings. The molecule has 0 saturated heterocycles. The van der Waals surface area contributed by atoms with Crippen LogP contribution in [0.2, 0.25) is 0 Å². The Morgan fingerprint density at radius 1 is 1.39 bits per heavy atom. The molecule has 2 rings (SSSR count). The summed E-state index contributed by atoms with van der Waals surface area (Å²) >= 11 is 0. The molecular formula is C15H28N2O. The van der Waals surface area contributed by atoms with E-state index in [1.807, 2.05) is 0 Å². The normalized spacial score (nSPS) is 30.2. The number of ether oxygens (including phenoxy) is 1. The predicted octanol–water partition coefficient (Wildman–Crippen LogP) is 2.91. The highest BCUT2D eigenvalue weighted by Crippen LogP contribution is 2.35. The minimum atomic E-state index is 0.399. The predicted molar refractivity (Wildman–Crippen MR) is 75.0 cm³/mol. The Hall–Kier alpha value is -0.380. The molecule has 0 aromatic heterocycles. The Morgan fingerprint density at radius 3 is 2.94 bits per heavy atom. The number of hydrogen-bond donors (Lipinski definition) is 2. The van der Waals surface area contributed by atoms with Crippen molar-refractivity contribution in [3.8, 4) is 0 Å². The first-order valence-corrected chi connectivity index (χ1v) is 7.60. The van der Waals surface area contributed by atoms with Gasteiger partial charge < -0.3 is 4.74 Å². The van der Waals surface area contributed by atoms with Gasteiger partial charge >= 0.3 is 0 Å². The molecule has 3 heteroatoms. The molecule has 0 spiro atoms. The second-order valence-corrected chi connectivity index (χ2v) is 5.75. The maximum absolute atomic E-state index is 5.75. The van der Waals surface area contributed by atoms with Crippen LogP contribution >= 0.6 is 0 Å². The minimum absolute atomic E-state index is 0.399. The van der Waals surface area contributed by atoms with Gasteiger partial charge in [-0.1, -0.05) is 18.1 Å². The number of nitrogens with two attached hydrogens (primary N) is 1. The third kappa shape index (κ3) is 3.81. The molecule has 0 bridgehead atoms. The first-order chi connectivity index (χ1) is 8.83. The molecule has 0 aromatic carbocycles. The summed E-state index contributed by atoms with van der Waals surface area (Å²) in [5.74, 6) is 6.55. The lowest BCUT2D eigenvalue weighted by molar-refractivity contribution is -0.0282. The smallest absolute Gasteiger partial charge is 0.0580 e. The molecule has 3 nitrogen and oxygen atoms in total. The molecule has 0 aliphatic heterocycles. The molecule has 104 valence electrons. The van der Waals surface area contributed by atoms with Crippen molar-refractivity contribution < 1.29 is 4.74 Å². The van der Waals surface area contributed by atoms with E-state index >= 15 is 0 Å². The lowest BCUT2D eigenvalue weighted by Gasteiger charge is -2.37. The fraction of sp³-hybridized carbons (Fsp3) is 0.867. The van der Waals surface area contributed by atoms with Gasteiger partial charge in [0.05, 0.1) is 6.10 Å². The fourth-order valence-electron chi connectivity index (χ4n) is 3.25. The van der Waals surface area contributed by atoms with E-state index in [4.69, 9.17) is 10.6 Å². The van der Waals surface area contributed by atoms with Gasteiger partial charge in [-0.2, -0.15) is 0 Å². The van der Waals surface area contributed by atoms with Crippen molar-refractivity contribution in [3.63, 3.8) is 0 Å². The van der Waals surface area contributed by atoms with E-state index in [-0.39, 0.29) is 0 Å². The maximum atomic E-state index is 5.75. The molecule has 3 N–H and O–H groups in total. The first kappa shape index (κ1) is 14.0. The summed E-state index contributed by atoms with van der Waals surface area (Å²) in [6, 6.07) is 0.399. The van der Waals surface area contributed by atoms with E-state index in [1.165, 1.54) is 51.4 Å². The SMILES string of the molecule is CCOC1CC(CC(NN)C2=CCCCCC2)C1. The molecule has 1 atom stereocenters. The van der Waals surface area contributed by atoms with Crippen LogP contribution in [0.25, 0.3) is 0 Å². The molecule has 0 amide bonds. The molecule has 0 radical (unpaired) electrons. The average molecular weight is 252 g/mol. The van der Waals surface area contributed by atoms with Gasteiger partial charge in [-0.15, -0.1) is 0 Å². The largest absolute Gasteiger partial charge is 0.378 e. The molecule has 1 unspecified atom stereocenters. The van der Waals surface area contributed by atoms with E-state index in [0.29, 0.717) is 12.1 Å². The highest BCUT2D eigenvalue weighted by atomic mass is 16.5. The van der Waals surface area contributed by atoms with Crippen LogP contribution in [0.5, 0.6) is 0 Å². The molecule has 1 fully saturated rings. The zero-order valence-corrected chi connectivity index (χ0v) is 11.7. The summed E-state index contributed by atoms with van der Waals surface area (Å²) in [6.07, 6.45) is 13.1. The number of allylic oxidation sites excluding steroid dienone is 1. The van der Waals surface area contributed by atoms with Gasteiger partial charge in [0.15, 0.2) is 0 Å². The zero-order valence-electron chi connectivity index (χ0n) is 11.7. The zero-order chi connectivity index (χ0) is 12.8. The second kappa shape index (κ2) is 7.27. The van der Waals surface area contributed by atoms with Crippen molar-refractivity contribution in [2.24, 2.45) is 11.8 Å². The van der Waals surface area contributed by atoms with Crippen LogP contribution in [0.4, 0.5) is 0 Å². The quantitative estimate of drug-likeness (QED) is 0.434. The third-order valence-corrected chi connectivity index (χ3v) is 4.39. The standard InChI is InChI=1S/C15H28N2O/c1-2-18-14-9-12(10-14)11-15(17-16)13-7-5-3-4-6-8-13/h7,12,14-15,17H,2-6,8-11,16H2,1H3.